The van der Waals surface area contributed by atoms with Gasteiger partial charge in [-0.25, -0.2) is 0 Å². The van der Waals surface area contributed by atoms with E-state index < -0.39 is 0 Å². The minimum atomic E-state index is -0.218. The third-order valence-electron chi connectivity index (χ3n) is 5.66. The Morgan fingerprint density at radius 1 is 1.22 bits per heavy atom. The lowest BCUT2D eigenvalue weighted by Gasteiger charge is -2.44. The summed E-state index contributed by atoms with van der Waals surface area (Å²) in [4.78, 5) is 0. The van der Waals surface area contributed by atoms with Crippen molar-refractivity contribution in [3.8, 4) is 0 Å². The molecule has 0 aromatic rings. The van der Waals surface area contributed by atoms with E-state index >= 15 is 0 Å². The predicted octanol–water partition coefficient (Wildman–Crippen LogP) is 4.38. The molecule has 0 amide bonds. The molecule has 1 spiro atoms. The van der Waals surface area contributed by atoms with Crippen LogP contribution in [-0.2, 0) is 9.47 Å². The molecule has 1 aliphatic carbocycles. The van der Waals surface area contributed by atoms with Crippen molar-refractivity contribution in [2.24, 2.45) is 17.3 Å². The highest BCUT2D eigenvalue weighted by Crippen LogP contribution is 2.48. The van der Waals surface area contributed by atoms with E-state index in [0.29, 0.717) is 11.5 Å². The Morgan fingerprint density at radius 2 is 1.83 bits per heavy atom. The van der Waals surface area contributed by atoms with E-state index in [4.69, 9.17) is 9.47 Å². The van der Waals surface area contributed by atoms with Crippen LogP contribution in [0.5, 0.6) is 0 Å². The van der Waals surface area contributed by atoms with E-state index in [1.807, 2.05) is 0 Å². The lowest BCUT2D eigenvalue weighted by Crippen LogP contribution is -2.41. The molecule has 1 aliphatic heterocycles. The molecule has 1 atom stereocenters. The van der Waals surface area contributed by atoms with Gasteiger partial charge in [-0.2, -0.15) is 0 Å². The molecule has 1 heterocycles. The lowest BCUT2D eigenvalue weighted by molar-refractivity contribution is -0.198. The fourth-order valence-corrected chi connectivity index (χ4v) is 3.35. The highest BCUT2D eigenvalue weighted by atomic mass is 16.7. The quantitative estimate of drug-likeness (QED) is 0.744. The van der Waals surface area contributed by atoms with Crippen molar-refractivity contribution in [1.29, 1.82) is 0 Å². The van der Waals surface area contributed by atoms with E-state index in [2.05, 4.69) is 34.6 Å². The van der Waals surface area contributed by atoms with Crippen molar-refractivity contribution in [3.63, 3.8) is 0 Å². The number of rotatable bonds is 3. The molecule has 2 rings (SSSR count). The van der Waals surface area contributed by atoms with Gasteiger partial charge in [0.1, 0.15) is 0 Å². The summed E-state index contributed by atoms with van der Waals surface area (Å²) in [5.74, 6) is 1.34. The van der Waals surface area contributed by atoms with Gasteiger partial charge in [-0.05, 0) is 36.5 Å². The molecule has 2 nitrogen and oxygen atoms in total. The topological polar surface area (TPSA) is 18.5 Å². The van der Waals surface area contributed by atoms with E-state index in [1.165, 1.54) is 12.8 Å². The summed E-state index contributed by atoms with van der Waals surface area (Å²) in [6.07, 6.45) is 6.08. The summed E-state index contributed by atoms with van der Waals surface area (Å²) in [7, 11) is 0. The van der Waals surface area contributed by atoms with Gasteiger partial charge in [0.2, 0.25) is 0 Å². The normalized spacial score (nSPS) is 37.7. The van der Waals surface area contributed by atoms with Crippen LogP contribution in [0, 0.1) is 17.3 Å². The maximum atomic E-state index is 6.14. The number of ether oxygens (including phenoxy) is 2. The summed E-state index contributed by atoms with van der Waals surface area (Å²) < 4.78 is 12.1. The van der Waals surface area contributed by atoms with Crippen LogP contribution >= 0.6 is 0 Å². The Labute approximate surface area is 112 Å². The highest BCUT2D eigenvalue weighted by molar-refractivity contribution is 4.90. The molecule has 1 saturated heterocycles. The number of hydrogen-bond donors (Lipinski definition) is 0. The number of hydrogen-bond acceptors (Lipinski definition) is 2. The first-order chi connectivity index (χ1) is 8.39. The summed E-state index contributed by atoms with van der Waals surface area (Å²) >= 11 is 0. The first kappa shape index (κ1) is 14.3. The van der Waals surface area contributed by atoms with Crippen molar-refractivity contribution < 1.29 is 9.47 Å². The van der Waals surface area contributed by atoms with Crippen LogP contribution in [-0.4, -0.2) is 18.5 Å². The van der Waals surface area contributed by atoms with Crippen molar-refractivity contribution in [2.45, 2.75) is 78.6 Å². The van der Waals surface area contributed by atoms with Gasteiger partial charge in [0.15, 0.2) is 5.79 Å². The zero-order valence-electron chi connectivity index (χ0n) is 12.8. The van der Waals surface area contributed by atoms with Gasteiger partial charge < -0.3 is 9.47 Å². The van der Waals surface area contributed by atoms with Gasteiger partial charge in [-0.15, -0.1) is 0 Å². The van der Waals surface area contributed by atoms with Crippen LogP contribution in [0.4, 0.5) is 0 Å². The second-order valence-electron chi connectivity index (χ2n) is 7.12. The molecule has 1 unspecified atom stereocenters. The molecule has 18 heavy (non-hydrogen) atoms. The standard InChI is InChI=1S/C16H30O2/c1-6-14-11-17-16(18-14)9-7-13(8-10-16)15(4,5)12(2)3/h12-14H,6-11H2,1-5H3. The highest BCUT2D eigenvalue weighted by Gasteiger charge is 2.46. The fourth-order valence-electron chi connectivity index (χ4n) is 3.35. The molecular weight excluding hydrogens is 224 g/mol. The van der Waals surface area contributed by atoms with Crippen LogP contribution in [0.25, 0.3) is 0 Å². The lowest BCUT2D eigenvalue weighted by atomic mass is 9.64. The smallest absolute Gasteiger partial charge is 0.168 e. The van der Waals surface area contributed by atoms with Crippen molar-refractivity contribution in [1.82, 2.24) is 0 Å². The van der Waals surface area contributed by atoms with E-state index in [1.54, 1.807) is 0 Å². The van der Waals surface area contributed by atoms with Gasteiger partial charge in [0, 0.05) is 12.8 Å². The summed E-state index contributed by atoms with van der Waals surface area (Å²) in [5.41, 5.74) is 0.435. The summed E-state index contributed by atoms with van der Waals surface area (Å²) in [6.45, 7) is 12.5. The molecule has 0 bridgehead atoms. The van der Waals surface area contributed by atoms with Gasteiger partial charge in [-0.3, -0.25) is 0 Å². The molecular formula is C16H30O2. The Hall–Kier alpha value is -0.0800. The van der Waals surface area contributed by atoms with E-state index in [9.17, 15) is 0 Å². The second kappa shape index (κ2) is 5.13. The van der Waals surface area contributed by atoms with E-state index in [-0.39, 0.29) is 5.79 Å². The zero-order chi connectivity index (χ0) is 13.4. The van der Waals surface area contributed by atoms with Crippen molar-refractivity contribution in [2.75, 3.05) is 6.61 Å². The van der Waals surface area contributed by atoms with E-state index in [0.717, 1.165) is 37.7 Å². The zero-order valence-corrected chi connectivity index (χ0v) is 12.8. The minimum absolute atomic E-state index is 0.218. The summed E-state index contributed by atoms with van der Waals surface area (Å²) in [6, 6.07) is 0. The largest absolute Gasteiger partial charge is 0.347 e. The molecule has 1 saturated carbocycles. The Bertz CT molecular complexity index is 275. The molecule has 0 aromatic carbocycles. The average molecular weight is 254 g/mol. The van der Waals surface area contributed by atoms with Crippen LogP contribution in [0.1, 0.15) is 66.7 Å². The molecule has 0 N–H and O–H groups in total. The Balaban J connectivity index is 1.92. The van der Waals surface area contributed by atoms with Crippen LogP contribution in [0.2, 0.25) is 0 Å². The van der Waals surface area contributed by atoms with Crippen LogP contribution < -0.4 is 0 Å². The fraction of sp³-hybridized carbons (Fsp3) is 1.00. The predicted molar refractivity (Wildman–Crippen MR) is 74.4 cm³/mol. The maximum absolute atomic E-state index is 6.14. The molecule has 106 valence electrons. The first-order valence-electron chi connectivity index (χ1n) is 7.71. The molecule has 2 heteroatoms. The molecule has 2 fully saturated rings. The van der Waals surface area contributed by atoms with Crippen molar-refractivity contribution in [3.05, 3.63) is 0 Å². The van der Waals surface area contributed by atoms with Gasteiger partial charge in [0.25, 0.3) is 0 Å². The van der Waals surface area contributed by atoms with Gasteiger partial charge >= 0.3 is 0 Å². The van der Waals surface area contributed by atoms with Crippen LogP contribution in [0.3, 0.4) is 0 Å². The SMILES string of the molecule is CCC1COC2(CCC(C(C)(C)C(C)C)CC2)O1. The Morgan fingerprint density at radius 3 is 2.28 bits per heavy atom. The minimum Gasteiger partial charge on any atom is -0.347 e. The monoisotopic (exact) mass is 254 g/mol. The second-order valence-corrected chi connectivity index (χ2v) is 7.12. The average Bonchev–Trinajstić information content (AvgIpc) is 2.73. The van der Waals surface area contributed by atoms with Gasteiger partial charge in [-0.1, -0.05) is 34.6 Å². The maximum Gasteiger partial charge on any atom is 0.168 e. The van der Waals surface area contributed by atoms with Gasteiger partial charge in [0.05, 0.1) is 12.7 Å². The molecule has 0 aromatic heterocycles. The third kappa shape index (κ3) is 2.60. The summed E-state index contributed by atoms with van der Waals surface area (Å²) in [5, 5.41) is 0. The molecule has 0 radical (unpaired) electrons. The first-order valence-corrected chi connectivity index (χ1v) is 7.71. The van der Waals surface area contributed by atoms with Crippen LogP contribution in [0.15, 0.2) is 0 Å². The third-order valence-corrected chi connectivity index (χ3v) is 5.66. The van der Waals surface area contributed by atoms with Crippen molar-refractivity contribution >= 4 is 0 Å². The Kier molecular flexibility index (Phi) is 4.08. The molecule has 2 aliphatic rings.